The average molecular weight is 321 g/mol. The largest absolute Gasteiger partial charge is 0.490 e. The molecule has 0 unspecified atom stereocenters. The van der Waals surface area contributed by atoms with E-state index in [-0.39, 0.29) is 5.91 Å². The fourth-order valence-electron chi connectivity index (χ4n) is 1.91. The van der Waals surface area contributed by atoms with Crippen LogP contribution in [-0.2, 0) is 6.61 Å². The summed E-state index contributed by atoms with van der Waals surface area (Å²) in [6.45, 7) is 2.67. The van der Waals surface area contributed by atoms with Crippen molar-refractivity contribution in [3.8, 4) is 11.5 Å². The molecule has 0 heterocycles. The van der Waals surface area contributed by atoms with Gasteiger partial charge >= 0.3 is 0 Å². The van der Waals surface area contributed by atoms with Crippen LogP contribution in [0.25, 0.3) is 0 Å². The number of amides is 1. The second-order valence-corrected chi connectivity index (χ2v) is 4.92. The zero-order chi connectivity index (χ0) is 15.9. The number of ether oxygens (including phenoxy) is 2. The zero-order valence-corrected chi connectivity index (χ0v) is 12.9. The number of carbonyl (C=O) groups excluding carboxylic acids is 1. The Bertz CT molecular complexity index is 662. The fraction of sp³-hybridized carbons (Fsp3) is 0.188. The van der Waals surface area contributed by atoms with Gasteiger partial charge in [0.2, 0.25) is 0 Å². The molecule has 0 saturated carbocycles. The number of benzene rings is 2. The molecule has 0 bridgehead atoms. The van der Waals surface area contributed by atoms with Gasteiger partial charge in [-0.1, -0.05) is 23.7 Å². The molecule has 0 aromatic heterocycles. The predicted octanol–water partition coefficient (Wildman–Crippen LogP) is 2.92. The Hall–Kier alpha value is -2.24. The van der Waals surface area contributed by atoms with Gasteiger partial charge in [-0.2, -0.15) is 0 Å². The van der Waals surface area contributed by atoms with Crippen LogP contribution in [0.5, 0.6) is 11.5 Å². The predicted molar refractivity (Wildman–Crippen MR) is 85.0 cm³/mol. The molecule has 22 heavy (non-hydrogen) atoms. The quantitative estimate of drug-likeness (QED) is 0.487. The van der Waals surface area contributed by atoms with E-state index < -0.39 is 0 Å². The molecule has 0 aliphatic rings. The molecule has 0 saturated heterocycles. The van der Waals surface area contributed by atoms with Crippen molar-refractivity contribution in [2.24, 2.45) is 5.84 Å². The topological polar surface area (TPSA) is 73.6 Å². The minimum atomic E-state index is -0.387. The number of hydrazine groups is 1. The lowest BCUT2D eigenvalue weighted by Gasteiger charge is -2.13. The van der Waals surface area contributed by atoms with Crippen LogP contribution in [-0.4, -0.2) is 12.5 Å². The van der Waals surface area contributed by atoms with Crippen molar-refractivity contribution in [3.05, 3.63) is 58.6 Å². The molecule has 0 fully saturated rings. The molecule has 2 rings (SSSR count). The van der Waals surface area contributed by atoms with Crippen molar-refractivity contribution in [1.29, 1.82) is 0 Å². The van der Waals surface area contributed by atoms with Crippen LogP contribution in [0, 0.1) is 0 Å². The molecule has 6 heteroatoms. The summed E-state index contributed by atoms with van der Waals surface area (Å²) in [7, 11) is 0. The Kier molecular flexibility index (Phi) is 5.63. The first-order valence-corrected chi connectivity index (χ1v) is 7.17. The maximum atomic E-state index is 11.6. The normalized spacial score (nSPS) is 10.1. The zero-order valence-electron chi connectivity index (χ0n) is 12.1. The van der Waals surface area contributed by atoms with E-state index in [9.17, 15) is 4.79 Å². The number of nitrogens with one attached hydrogen (secondary N) is 1. The lowest BCUT2D eigenvalue weighted by atomic mass is 10.2. The summed E-state index contributed by atoms with van der Waals surface area (Å²) >= 11 is 5.94. The van der Waals surface area contributed by atoms with Crippen LogP contribution in [0.2, 0.25) is 5.02 Å². The average Bonchev–Trinajstić information content (AvgIpc) is 2.53. The lowest BCUT2D eigenvalue weighted by molar-refractivity contribution is 0.0953. The Morgan fingerprint density at radius 1 is 1.18 bits per heavy atom. The molecule has 3 N–H and O–H groups in total. The van der Waals surface area contributed by atoms with Gasteiger partial charge in [-0.15, -0.1) is 0 Å². The van der Waals surface area contributed by atoms with Crippen LogP contribution >= 0.6 is 11.6 Å². The number of halogens is 1. The number of nitrogen functional groups attached to an aromatic ring is 1. The van der Waals surface area contributed by atoms with E-state index >= 15 is 0 Å². The van der Waals surface area contributed by atoms with Crippen LogP contribution in [0.4, 0.5) is 0 Å². The molecule has 0 radical (unpaired) electrons. The maximum Gasteiger partial charge on any atom is 0.265 e. The number of rotatable bonds is 6. The third-order valence-electron chi connectivity index (χ3n) is 2.92. The van der Waals surface area contributed by atoms with E-state index in [2.05, 4.69) is 5.43 Å². The molecular weight excluding hydrogens is 304 g/mol. The molecule has 2 aromatic carbocycles. The molecule has 0 aliphatic heterocycles. The van der Waals surface area contributed by atoms with E-state index in [0.717, 1.165) is 5.56 Å². The second kappa shape index (κ2) is 7.68. The molecule has 116 valence electrons. The highest BCUT2D eigenvalue weighted by atomic mass is 35.5. The summed E-state index contributed by atoms with van der Waals surface area (Å²) in [5.41, 5.74) is 3.43. The summed E-state index contributed by atoms with van der Waals surface area (Å²) in [4.78, 5) is 11.6. The Balaban J connectivity index is 2.17. The smallest absolute Gasteiger partial charge is 0.265 e. The van der Waals surface area contributed by atoms with Gasteiger partial charge in [-0.3, -0.25) is 10.2 Å². The minimum Gasteiger partial charge on any atom is -0.490 e. The Morgan fingerprint density at radius 2 is 2.00 bits per heavy atom. The van der Waals surface area contributed by atoms with Crippen LogP contribution in [0.3, 0.4) is 0 Å². The van der Waals surface area contributed by atoms with E-state index in [1.807, 2.05) is 25.1 Å². The third-order valence-corrected chi connectivity index (χ3v) is 3.16. The van der Waals surface area contributed by atoms with Crippen LogP contribution in [0.15, 0.2) is 42.5 Å². The number of hydrogen-bond donors (Lipinski definition) is 2. The first kappa shape index (κ1) is 16.1. The van der Waals surface area contributed by atoms with Gasteiger partial charge in [0.25, 0.3) is 5.91 Å². The molecule has 1 amide bonds. The summed E-state index contributed by atoms with van der Waals surface area (Å²) in [5.74, 6) is 5.79. The molecule has 5 nitrogen and oxygen atoms in total. The van der Waals surface area contributed by atoms with Gasteiger partial charge in [-0.05, 0) is 42.8 Å². The Morgan fingerprint density at radius 3 is 2.68 bits per heavy atom. The lowest BCUT2D eigenvalue weighted by Crippen LogP contribution is -2.29. The number of nitrogens with two attached hydrogens (primary N) is 1. The summed E-state index contributed by atoms with van der Waals surface area (Å²) < 4.78 is 11.3. The van der Waals surface area contributed by atoms with E-state index in [0.29, 0.717) is 35.3 Å². The van der Waals surface area contributed by atoms with E-state index in [1.165, 1.54) is 0 Å². The van der Waals surface area contributed by atoms with Gasteiger partial charge < -0.3 is 9.47 Å². The third kappa shape index (κ3) is 4.13. The number of hydrogen-bond acceptors (Lipinski definition) is 4. The summed E-state index contributed by atoms with van der Waals surface area (Å²) in [6.07, 6.45) is 0. The maximum absolute atomic E-state index is 11.6. The molecular formula is C16H17ClN2O3. The van der Waals surface area contributed by atoms with Crippen molar-refractivity contribution in [2.45, 2.75) is 13.5 Å². The van der Waals surface area contributed by atoms with Gasteiger partial charge in [-0.25, -0.2) is 5.84 Å². The number of carbonyl (C=O) groups is 1. The first-order chi connectivity index (χ1) is 10.6. The van der Waals surface area contributed by atoms with Crippen LogP contribution < -0.4 is 20.7 Å². The van der Waals surface area contributed by atoms with Crippen LogP contribution in [0.1, 0.15) is 22.8 Å². The van der Waals surface area contributed by atoms with Gasteiger partial charge in [0.15, 0.2) is 11.5 Å². The SMILES string of the molecule is CCOc1cc(C(=O)NN)ccc1OCc1cccc(Cl)c1. The molecule has 0 spiro atoms. The van der Waals surface area contributed by atoms with E-state index in [1.54, 1.807) is 24.3 Å². The Labute approximate surface area is 134 Å². The van der Waals surface area contributed by atoms with Gasteiger partial charge in [0.1, 0.15) is 6.61 Å². The molecule has 0 aliphatic carbocycles. The van der Waals surface area contributed by atoms with Crippen molar-refractivity contribution in [2.75, 3.05) is 6.61 Å². The van der Waals surface area contributed by atoms with Gasteiger partial charge in [0, 0.05) is 10.6 Å². The van der Waals surface area contributed by atoms with Crippen molar-refractivity contribution in [3.63, 3.8) is 0 Å². The fourth-order valence-corrected chi connectivity index (χ4v) is 2.12. The summed E-state index contributed by atoms with van der Waals surface area (Å²) in [6, 6.07) is 12.3. The standard InChI is InChI=1S/C16H17ClN2O3/c1-2-21-15-9-12(16(20)19-18)6-7-14(15)22-10-11-4-3-5-13(17)8-11/h3-9H,2,10,18H2,1H3,(H,19,20). The highest BCUT2D eigenvalue weighted by Crippen LogP contribution is 2.29. The minimum absolute atomic E-state index is 0.350. The van der Waals surface area contributed by atoms with Crippen molar-refractivity contribution in [1.82, 2.24) is 5.43 Å². The highest BCUT2D eigenvalue weighted by molar-refractivity contribution is 6.30. The highest BCUT2D eigenvalue weighted by Gasteiger charge is 2.11. The molecule has 2 aromatic rings. The van der Waals surface area contributed by atoms with Crippen molar-refractivity contribution >= 4 is 17.5 Å². The first-order valence-electron chi connectivity index (χ1n) is 6.79. The monoisotopic (exact) mass is 320 g/mol. The van der Waals surface area contributed by atoms with Gasteiger partial charge in [0.05, 0.1) is 6.61 Å². The van der Waals surface area contributed by atoms with E-state index in [4.69, 9.17) is 26.9 Å². The van der Waals surface area contributed by atoms with Crippen molar-refractivity contribution < 1.29 is 14.3 Å². The second-order valence-electron chi connectivity index (χ2n) is 4.49. The summed E-state index contributed by atoms with van der Waals surface area (Å²) in [5, 5.41) is 0.654. The molecule has 0 atom stereocenters.